The molecule has 27 heavy (non-hydrogen) atoms. The third-order valence-corrected chi connectivity index (χ3v) is 4.29. The van der Waals surface area contributed by atoms with Crippen LogP contribution >= 0.6 is 0 Å². The van der Waals surface area contributed by atoms with Crippen LogP contribution in [0, 0.1) is 19.8 Å². The summed E-state index contributed by atoms with van der Waals surface area (Å²) in [4.78, 5) is 36.4. The van der Waals surface area contributed by atoms with Crippen molar-refractivity contribution in [3.05, 3.63) is 64.7 Å². The van der Waals surface area contributed by atoms with Gasteiger partial charge in [-0.05, 0) is 49.6 Å². The molecule has 0 saturated carbocycles. The molecule has 0 bridgehead atoms. The highest BCUT2D eigenvalue weighted by atomic mass is 16.4. The molecular formula is C21H24N2O4. The first-order chi connectivity index (χ1) is 12.7. The Balaban J connectivity index is 2.15. The Kier molecular flexibility index (Phi) is 6.34. The average Bonchev–Trinajstić information content (AvgIpc) is 2.61. The first kappa shape index (κ1) is 20.2. The maximum absolute atomic E-state index is 12.7. The van der Waals surface area contributed by atoms with E-state index in [9.17, 15) is 19.5 Å². The van der Waals surface area contributed by atoms with Crippen molar-refractivity contribution in [1.82, 2.24) is 5.32 Å². The zero-order valence-corrected chi connectivity index (χ0v) is 15.9. The van der Waals surface area contributed by atoms with Gasteiger partial charge in [-0.1, -0.05) is 37.6 Å². The summed E-state index contributed by atoms with van der Waals surface area (Å²) in [6, 6.07) is 11.0. The second kappa shape index (κ2) is 8.49. The summed E-state index contributed by atoms with van der Waals surface area (Å²) < 4.78 is 0. The van der Waals surface area contributed by atoms with E-state index in [1.807, 2.05) is 32.9 Å². The van der Waals surface area contributed by atoms with Gasteiger partial charge in [0.05, 0.1) is 5.56 Å². The highest BCUT2D eigenvalue weighted by Gasteiger charge is 2.25. The first-order valence-corrected chi connectivity index (χ1v) is 8.71. The monoisotopic (exact) mass is 368 g/mol. The van der Waals surface area contributed by atoms with Crippen molar-refractivity contribution in [2.75, 3.05) is 5.32 Å². The highest BCUT2D eigenvalue weighted by molar-refractivity contribution is 6.02. The van der Waals surface area contributed by atoms with E-state index in [1.165, 1.54) is 6.07 Å². The molecule has 0 heterocycles. The van der Waals surface area contributed by atoms with Gasteiger partial charge in [-0.3, -0.25) is 9.59 Å². The van der Waals surface area contributed by atoms with Crippen LogP contribution < -0.4 is 10.6 Å². The van der Waals surface area contributed by atoms with Crippen molar-refractivity contribution in [2.45, 2.75) is 33.7 Å². The molecule has 6 nitrogen and oxygen atoms in total. The fraction of sp³-hybridized carbons (Fsp3) is 0.286. The second-order valence-corrected chi connectivity index (χ2v) is 6.89. The van der Waals surface area contributed by atoms with Gasteiger partial charge in [0, 0.05) is 11.3 Å². The summed E-state index contributed by atoms with van der Waals surface area (Å²) in [5.74, 6) is -1.94. The Morgan fingerprint density at radius 2 is 1.59 bits per heavy atom. The molecule has 2 aromatic carbocycles. The van der Waals surface area contributed by atoms with Crippen molar-refractivity contribution in [2.24, 2.45) is 5.92 Å². The van der Waals surface area contributed by atoms with Crippen LogP contribution in [-0.4, -0.2) is 28.9 Å². The van der Waals surface area contributed by atoms with Gasteiger partial charge in [-0.15, -0.1) is 0 Å². The number of amides is 2. The highest BCUT2D eigenvalue weighted by Crippen LogP contribution is 2.17. The van der Waals surface area contributed by atoms with Crippen LogP contribution in [0.15, 0.2) is 42.5 Å². The predicted octanol–water partition coefficient (Wildman–Crippen LogP) is 3.39. The molecule has 0 fully saturated rings. The summed E-state index contributed by atoms with van der Waals surface area (Å²) in [5, 5.41) is 14.7. The number of hydrogen-bond acceptors (Lipinski definition) is 3. The lowest BCUT2D eigenvalue weighted by Gasteiger charge is -2.22. The van der Waals surface area contributed by atoms with Gasteiger partial charge in [-0.2, -0.15) is 0 Å². The van der Waals surface area contributed by atoms with E-state index in [0.29, 0.717) is 16.8 Å². The molecular weight excluding hydrogens is 344 g/mol. The molecule has 0 aliphatic carbocycles. The zero-order chi connectivity index (χ0) is 20.1. The lowest BCUT2D eigenvalue weighted by Crippen LogP contribution is -2.47. The summed E-state index contributed by atoms with van der Waals surface area (Å²) >= 11 is 0. The molecule has 3 N–H and O–H groups in total. The minimum Gasteiger partial charge on any atom is -0.478 e. The first-order valence-electron chi connectivity index (χ1n) is 8.71. The molecule has 2 aromatic rings. The van der Waals surface area contributed by atoms with E-state index >= 15 is 0 Å². The number of aryl methyl sites for hydroxylation is 2. The summed E-state index contributed by atoms with van der Waals surface area (Å²) in [7, 11) is 0. The molecule has 0 spiro atoms. The van der Waals surface area contributed by atoms with Crippen LogP contribution in [0.1, 0.15) is 45.7 Å². The lowest BCUT2D eigenvalue weighted by atomic mass is 10.0. The van der Waals surface area contributed by atoms with E-state index in [-0.39, 0.29) is 17.4 Å². The second-order valence-electron chi connectivity index (χ2n) is 6.89. The van der Waals surface area contributed by atoms with Crippen molar-refractivity contribution in [3.8, 4) is 0 Å². The molecule has 0 radical (unpaired) electrons. The Morgan fingerprint density at radius 1 is 0.963 bits per heavy atom. The minimum absolute atomic E-state index is 0.123. The van der Waals surface area contributed by atoms with Gasteiger partial charge >= 0.3 is 5.97 Å². The van der Waals surface area contributed by atoms with Gasteiger partial charge in [-0.25, -0.2) is 4.79 Å². The fourth-order valence-corrected chi connectivity index (χ4v) is 2.61. The van der Waals surface area contributed by atoms with Crippen LogP contribution in [0.2, 0.25) is 0 Å². The molecule has 1 atom stereocenters. The Morgan fingerprint density at radius 3 is 2.15 bits per heavy atom. The van der Waals surface area contributed by atoms with Gasteiger partial charge < -0.3 is 15.7 Å². The smallest absolute Gasteiger partial charge is 0.336 e. The van der Waals surface area contributed by atoms with Crippen molar-refractivity contribution < 1.29 is 19.5 Å². The van der Waals surface area contributed by atoms with Crippen LogP contribution in [0.4, 0.5) is 5.69 Å². The number of benzene rings is 2. The summed E-state index contributed by atoms with van der Waals surface area (Å²) in [6.45, 7) is 7.28. The largest absolute Gasteiger partial charge is 0.478 e. The number of carbonyl (C=O) groups is 3. The molecule has 0 aromatic heterocycles. The number of anilines is 1. The lowest BCUT2D eigenvalue weighted by molar-refractivity contribution is -0.118. The Bertz CT molecular complexity index is 857. The quantitative estimate of drug-likeness (QED) is 0.728. The predicted molar refractivity (Wildman–Crippen MR) is 104 cm³/mol. The molecule has 1 unspecified atom stereocenters. The molecule has 0 saturated heterocycles. The van der Waals surface area contributed by atoms with E-state index in [1.54, 1.807) is 31.2 Å². The number of carbonyl (C=O) groups excluding carboxylic acids is 2. The summed E-state index contributed by atoms with van der Waals surface area (Å²) in [5.41, 5.74) is 2.62. The van der Waals surface area contributed by atoms with Gasteiger partial charge in [0.25, 0.3) is 5.91 Å². The average molecular weight is 368 g/mol. The van der Waals surface area contributed by atoms with E-state index < -0.39 is 17.9 Å². The molecule has 6 heteroatoms. The van der Waals surface area contributed by atoms with E-state index in [2.05, 4.69) is 10.6 Å². The molecule has 142 valence electrons. The van der Waals surface area contributed by atoms with Crippen LogP contribution in [0.5, 0.6) is 0 Å². The van der Waals surface area contributed by atoms with Crippen molar-refractivity contribution in [3.63, 3.8) is 0 Å². The maximum atomic E-state index is 12.7. The van der Waals surface area contributed by atoms with E-state index in [0.717, 1.165) is 5.56 Å². The molecule has 0 aliphatic rings. The number of hydrogen-bond donors (Lipinski definition) is 3. The Labute approximate surface area is 158 Å². The SMILES string of the molecule is Cc1ccc(C(=O)NC(C(=O)Nc2ccc(C)c(C(=O)O)c2)C(C)C)cc1. The number of carboxylic acid groups (broad SMARTS) is 1. The number of nitrogens with one attached hydrogen (secondary N) is 2. The van der Waals surface area contributed by atoms with Crippen molar-refractivity contribution in [1.29, 1.82) is 0 Å². The van der Waals surface area contributed by atoms with Crippen LogP contribution in [0.3, 0.4) is 0 Å². The molecule has 2 rings (SSSR count). The molecule has 2 amide bonds. The molecule has 0 aliphatic heterocycles. The minimum atomic E-state index is -1.06. The normalized spacial score (nSPS) is 11.7. The van der Waals surface area contributed by atoms with Crippen LogP contribution in [0.25, 0.3) is 0 Å². The summed E-state index contributed by atoms with van der Waals surface area (Å²) in [6.07, 6.45) is 0. The fourth-order valence-electron chi connectivity index (χ4n) is 2.61. The zero-order valence-electron chi connectivity index (χ0n) is 15.9. The third kappa shape index (κ3) is 5.17. The third-order valence-electron chi connectivity index (χ3n) is 4.29. The van der Waals surface area contributed by atoms with Gasteiger partial charge in [0.2, 0.25) is 5.91 Å². The van der Waals surface area contributed by atoms with E-state index in [4.69, 9.17) is 0 Å². The number of carboxylic acids is 1. The standard InChI is InChI=1S/C21H24N2O4/c1-12(2)18(23-19(24)15-8-5-13(3)6-9-15)20(25)22-16-10-7-14(4)17(11-16)21(26)27/h5-12,18H,1-4H3,(H,22,25)(H,23,24)(H,26,27). The van der Waals surface area contributed by atoms with Gasteiger partial charge in [0.1, 0.15) is 6.04 Å². The number of aromatic carboxylic acids is 1. The van der Waals surface area contributed by atoms with Gasteiger partial charge in [0.15, 0.2) is 0 Å². The van der Waals surface area contributed by atoms with Crippen LogP contribution in [-0.2, 0) is 4.79 Å². The number of rotatable bonds is 6. The maximum Gasteiger partial charge on any atom is 0.336 e. The topological polar surface area (TPSA) is 95.5 Å². The van der Waals surface area contributed by atoms with Crippen molar-refractivity contribution >= 4 is 23.5 Å². The Hall–Kier alpha value is -3.15.